The van der Waals surface area contributed by atoms with Gasteiger partial charge in [-0.3, -0.25) is 9.19 Å². The Kier molecular flexibility index (Phi) is 5.66. The van der Waals surface area contributed by atoms with Gasteiger partial charge in [-0.15, -0.1) is 0 Å². The van der Waals surface area contributed by atoms with E-state index < -0.39 is 16.9 Å². The highest BCUT2D eigenvalue weighted by Crippen LogP contribution is 2.35. The van der Waals surface area contributed by atoms with Crippen molar-refractivity contribution in [1.82, 2.24) is 4.98 Å². The van der Waals surface area contributed by atoms with Crippen molar-refractivity contribution in [2.75, 3.05) is 7.11 Å². The maximum absolute atomic E-state index is 14.3. The van der Waals surface area contributed by atoms with E-state index in [2.05, 4.69) is 4.98 Å². The number of pyridine rings is 1. The summed E-state index contributed by atoms with van der Waals surface area (Å²) in [5, 5.41) is 0.458. The van der Waals surface area contributed by atoms with Crippen LogP contribution in [0.5, 0.6) is 5.75 Å². The number of ether oxygens (including phenoxy) is 1. The molecule has 1 unspecified atom stereocenters. The number of rotatable bonds is 5. The molecule has 7 heteroatoms. The van der Waals surface area contributed by atoms with Crippen molar-refractivity contribution in [2.45, 2.75) is 5.75 Å². The molecule has 0 aliphatic rings. The lowest BCUT2D eigenvalue weighted by Crippen LogP contribution is -1.98. The summed E-state index contributed by atoms with van der Waals surface area (Å²) in [4.78, 5) is 4.37. The molecule has 0 N–H and O–H groups in total. The molecule has 0 aliphatic heterocycles. The summed E-state index contributed by atoms with van der Waals surface area (Å²) in [6.07, 6.45) is 1.61. The van der Waals surface area contributed by atoms with Crippen LogP contribution < -0.4 is 4.74 Å². The molecule has 0 aliphatic carbocycles. The van der Waals surface area contributed by atoms with Gasteiger partial charge in [0, 0.05) is 23.1 Å². The summed E-state index contributed by atoms with van der Waals surface area (Å²) in [5.74, 6) is -0.395. The number of aromatic nitrogens is 1. The van der Waals surface area contributed by atoms with Gasteiger partial charge in [0.2, 0.25) is 0 Å². The second-order valence-electron chi connectivity index (χ2n) is 5.50. The summed E-state index contributed by atoms with van der Waals surface area (Å²) in [7, 11) is 1.54. The van der Waals surface area contributed by atoms with Gasteiger partial charge in [0.1, 0.15) is 11.6 Å². The molecule has 26 heavy (non-hydrogen) atoms. The molecule has 4 nitrogen and oxygen atoms in total. The van der Waals surface area contributed by atoms with Crippen LogP contribution in [0.3, 0.4) is 0 Å². The van der Waals surface area contributed by atoms with Gasteiger partial charge in [-0.05, 0) is 35.4 Å². The molecule has 0 radical (unpaired) electrons. The third-order valence-corrected chi connectivity index (χ3v) is 4.71. The number of methoxy groups -OCH3 is 1. The molecule has 1 atom stereocenters. The molecule has 0 spiro atoms. The Morgan fingerprint density at radius 3 is 2.62 bits per heavy atom. The highest BCUT2D eigenvalue weighted by atomic mass is 35.5. The number of hydrogen-bond donors (Lipinski definition) is 0. The van der Waals surface area contributed by atoms with Crippen LogP contribution in [0.25, 0.3) is 22.4 Å². The van der Waals surface area contributed by atoms with Gasteiger partial charge < -0.3 is 9.29 Å². The van der Waals surface area contributed by atoms with Crippen molar-refractivity contribution in [3.05, 3.63) is 71.1 Å². The van der Waals surface area contributed by atoms with Gasteiger partial charge in [0.15, 0.2) is 0 Å². The van der Waals surface area contributed by atoms with Crippen molar-refractivity contribution in [2.24, 2.45) is 0 Å². The first-order valence-corrected chi connectivity index (χ1v) is 9.25. The van der Waals surface area contributed by atoms with Crippen molar-refractivity contribution in [1.29, 1.82) is 0 Å². The molecular formula is C19H14ClFNO3S-. The molecule has 2 aromatic carbocycles. The van der Waals surface area contributed by atoms with Crippen molar-refractivity contribution >= 4 is 22.7 Å². The molecule has 1 heterocycles. The molecule has 134 valence electrons. The predicted molar refractivity (Wildman–Crippen MR) is 99.3 cm³/mol. The van der Waals surface area contributed by atoms with E-state index in [0.29, 0.717) is 22.0 Å². The first kappa shape index (κ1) is 18.5. The minimum atomic E-state index is -2.35. The SMILES string of the molecule is COc1ccc(-c2cccnc2-c2ccc(CS(=O)[O-])c(F)c2)cc1Cl. The van der Waals surface area contributed by atoms with Crippen LogP contribution >= 0.6 is 11.6 Å². The monoisotopic (exact) mass is 390 g/mol. The Bertz CT molecular complexity index is 981. The van der Waals surface area contributed by atoms with Crippen LogP contribution in [0.15, 0.2) is 54.7 Å². The minimum Gasteiger partial charge on any atom is -0.772 e. The molecule has 0 saturated heterocycles. The molecule has 0 saturated carbocycles. The summed E-state index contributed by atoms with van der Waals surface area (Å²) in [5.41, 5.74) is 2.82. The van der Waals surface area contributed by atoms with Gasteiger partial charge in [0.05, 0.1) is 17.8 Å². The highest BCUT2D eigenvalue weighted by Gasteiger charge is 2.13. The second kappa shape index (κ2) is 7.95. The van der Waals surface area contributed by atoms with E-state index in [9.17, 15) is 13.2 Å². The summed E-state index contributed by atoms with van der Waals surface area (Å²) < 4.78 is 41.0. The van der Waals surface area contributed by atoms with Crippen LogP contribution in [-0.4, -0.2) is 20.9 Å². The summed E-state index contributed by atoms with van der Waals surface area (Å²) in [6.45, 7) is 0. The second-order valence-corrected chi connectivity index (χ2v) is 6.81. The van der Waals surface area contributed by atoms with E-state index in [1.54, 1.807) is 30.5 Å². The fourth-order valence-electron chi connectivity index (χ4n) is 2.64. The maximum atomic E-state index is 14.3. The highest BCUT2D eigenvalue weighted by molar-refractivity contribution is 7.78. The molecule has 1 aromatic heterocycles. The van der Waals surface area contributed by atoms with Crippen LogP contribution in [0.1, 0.15) is 5.56 Å². The zero-order valence-electron chi connectivity index (χ0n) is 13.7. The molecular weight excluding hydrogens is 377 g/mol. The molecule has 0 amide bonds. The van der Waals surface area contributed by atoms with E-state index in [0.717, 1.165) is 11.1 Å². The fraction of sp³-hybridized carbons (Fsp3) is 0.105. The van der Waals surface area contributed by atoms with Crippen molar-refractivity contribution in [3.8, 4) is 28.1 Å². The van der Waals surface area contributed by atoms with Gasteiger partial charge in [-0.25, -0.2) is 4.39 Å². The summed E-state index contributed by atoms with van der Waals surface area (Å²) in [6, 6.07) is 13.4. The average Bonchev–Trinajstić information content (AvgIpc) is 2.63. The van der Waals surface area contributed by atoms with Crippen LogP contribution in [-0.2, 0) is 16.8 Å². The third-order valence-electron chi connectivity index (χ3n) is 3.87. The Balaban J connectivity index is 2.06. The van der Waals surface area contributed by atoms with Gasteiger partial charge >= 0.3 is 0 Å². The standard InChI is InChI=1S/C19H15ClFNO3S/c1-25-18-7-6-12(9-16(18)20)15-3-2-8-22-19(15)13-4-5-14(11-26(23)24)17(21)10-13/h2-10H,11H2,1H3,(H,23,24)/p-1. The topological polar surface area (TPSA) is 62.2 Å². The van der Waals surface area contributed by atoms with Gasteiger partial charge in [0.25, 0.3) is 0 Å². The van der Waals surface area contributed by atoms with E-state index in [4.69, 9.17) is 16.3 Å². The lowest BCUT2D eigenvalue weighted by atomic mass is 9.98. The minimum absolute atomic E-state index is 0.118. The third kappa shape index (κ3) is 3.93. The zero-order chi connectivity index (χ0) is 18.7. The van der Waals surface area contributed by atoms with Crippen LogP contribution in [0.2, 0.25) is 5.02 Å². The number of halogens is 2. The van der Waals surface area contributed by atoms with E-state index in [1.807, 2.05) is 12.1 Å². The van der Waals surface area contributed by atoms with Gasteiger partial charge in [-0.1, -0.05) is 46.9 Å². The van der Waals surface area contributed by atoms with E-state index in [1.165, 1.54) is 19.2 Å². The first-order valence-electron chi connectivity index (χ1n) is 7.63. The fourth-order valence-corrected chi connectivity index (χ4v) is 3.39. The Labute approximate surface area is 157 Å². The van der Waals surface area contributed by atoms with E-state index >= 15 is 0 Å². The van der Waals surface area contributed by atoms with Gasteiger partial charge in [-0.2, -0.15) is 0 Å². The van der Waals surface area contributed by atoms with E-state index in [-0.39, 0.29) is 11.3 Å². The maximum Gasteiger partial charge on any atom is 0.137 e. The van der Waals surface area contributed by atoms with Crippen molar-refractivity contribution in [3.63, 3.8) is 0 Å². The normalized spacial score (nSPS) is 12.0. The number of benzene rings is 2. The van der Waals surface area contributed by atoms with Crippen LogP contribution in [0, 0.1) is 5.82 Å². The zero-order valence-corrected chi connectivity index (χ0v) is 15.3. The van der Waals surface area contributed by atoms with Crippen molar-refractivity contribution < 1.29 is 17.9 Å². The Morgan fingerprint density at radius 2 is 1.96 bits per heavy atom. The number of hydrogen-bond acceptors (Lipinski definition) is 4. The first-order chi connectivity index (χ1) is 12.5. The largest absolute Gasteiger partial charge is 0.772 e. The lowest BCUT2D eigenvalue weighted by molar-refractivity contribution is 0.415. The average molecular weight is 391 g/mol. The predicted octanol–water partition coefficient (Wildman–Crippen LogP) is 4.60. The molecule has 0 bridgehead atoms. The quantitative estimate of drug-likeness (QED) is 0.597. The molecule has 0 fully saturated rings. The molecule has 3 aromatic rings. The lowest BCUT2D eigenvalue weighted by Gasteiger charge is -2.12. The molecule has 3 rings (SSSR count). The Morgan fingerprint density at radius 1 is 1.19 bits per heavy atom. The Hall–Kier alpha value is -2.28. The van der Waals surface area contributed by atoms with Crippen LogP contribution in [0.4, 0.5) is 4.39 Å². The smallest absolute Gasteiger partial charge is 0.137 e. The summed E-state index contributed by atoms with van der Waals surface area (Å²) >= 11 is 3.86. The number of nitrogens with zero attached hydrogens (tertiary/aromatic N) is 1.